The van der Waals surface area contributed by atoms with Gasteiger partial charge in [0.15, 0.2) is 0 Å². The Hall–Kier alpha value is -2.12. The summed E-state index contributed by atoms with van der Waals surface area (Å²) in [7, 11) is 0. The maximum Gasteiger partial charge on any atom is 0.123 e. The number of hydrogen-bond acceptors (Lipinski definition) is 0. The van der Waals surface area contributed by atoms with Crippen LogP contribution in [0.15, 0.2) is 42.5 Å². The predicted molar refractivity (Wildman–Crippen MR) is 211 cm³/mol. The fraction of sp³-hybridized carbons (Fsp3) is 0.600. The normalized spacial score (nSPS) is 11.9. The second kappa shape index (κ2) is 19.2. The molecular weight excluding hydrogens is 595 g/mol. The van der Waals surface area contributed by atoms with Gasteiger partial charge in [-0.15, -0.1) is 0 Å². The van der Waals surface area contributed by atoms with Gasteiger partial charge in [-0.25, -0.2) is 4.39 Å². The van der Waals surface area contributed by atoms with Crippen LogP contribution in [0.2, 0.25) is 5.02 Å². The van der Waals surface area contributed by atoms with Crippen LogP contribution in [0.3, 0.4) is 0 Å². The molecule has 3 aromatic carbocycles. The van der Waals surface area contributed by atoms with Gasteiger partial charge in [0.1, 0.15) is 5.82 Å². The zero-order chi connectivity index (χ0) is 36.5. The molecular formula is C45H70ClF. The molecule has 0 aliphatic carbocycles. The largest absolute Gasteiger partial charge is 0.207 e. The molecule has 47 heavy (non-hydrogen) atoms. The maximum absolute atomic E-state index is 13.6. The summed E-state index contributed by atoms with van der Waals surface area (Å²) in [5.74, 6) is 4.63. The quantitative estimate of drug-likeness (QED) is 0.213. The van der Waals surface area contributed by atoms with E-state index in [0.717, 1.165) is 5.02 Å². The summed E-state index contributed by atoms with van der Waals surface area (Å²) < 4.78 is 13.6. The smallest absolute Gasteiger partial charge is 0.123 e. The van der Waals surface area contributed by atoms with Gasteiger partial charge >= 0.3 is 0 Å². The lowest BCUT2D eigenvalue weighted by molar-refractivity contribution is 0.612. The molecule has 0 unspecified atom stereocenters. The summed E-state index contributed by atoms with van der Waals surface area (Å²) in [6.07, 6.45) is 0. The Bertz CT molecular complexity index is 1230. The van der Waals surface area contributed by atoms with Gasteiger partial charge in [-0.2, -0.15) is 0 Å². The van der Waals surface area contributed by atoms with E-state index in [4.69, 9.17) is 11.6 Å². The Morgan fingerprint density at radius 2 is 0.596 bits per heavy atom. The highest BCUT2D eigenvalue weighted by Crippen LogP contribution is 2.37. The molecule has 0 amide bonds. The van der Waals surface area contributed by atoms with Crippen molar-refractivity contribution in [3.63, 3.8) is 0 Å². The van der Waals surface area contributed by atoms with Crippen LogP contribution >= 0.6 is 11.6 Å². The van der Waals surface area contributed by atoms with Gasteiger partial charge < -0.3 is 0 Å². The lowest BCUT2D eigenvalue weighted by Gasteiger charge is -2.23. The first kappa shape index (κ1) is 42.9. The predicted octanol–water partition coefficient (Wildman–Crippen LogP) is 16.0. The first-order valence-electron chi connectivity index (χ1n) is 18.4. The SMILES string of the molecule is CC(C)c1cc(Cl)cc(C(C)C)c1C(C)C.CC(C)c1cc(F)cc(C(C)C)c1C(C)C.CC(C)c1cccc(C(C)C)c1C(C)C. The lowest BCUT2D eigenvalue weighted by Crippen LogP contribution is -2.06. The van der Waals surface area contributed by atoms with Crippen molar-refractivity contribution in [2.75, 3.05) is 0 Å². The molecule has 0 saturated heterocycles. The number of halogens is 2. The van der Waals surface area contributed by atoms with Crippen LogP contribution in [0.25, 0.3) is 0 Å². The van der Waals surface area contributed by atoms with E-state index in [1.54, 1.807) is 17.7 Å². The third-order valence-corrected chi connectivity index (χ3v) is 9.27. The molecule has 0 heterocycles. The van der Waals surface area contributed by atoms with Crippen LogP contribution in [-0.2, 0) is 0 Å². The summed E-state index contributed by atoms with van der Waals surface area (Å²) in [6, 6.07) is 14.4. The molecule has 0 saturated carbocycles. The van der Waals surface area contributed by atoms with E-state index in [-0.39, 0.29) is 5.82 Å². The molecule has 0 bridgehead atoms. The van der Waals surface area contributed by atoms with Crippen molar-refractivity contribution in [3.05, 3.63) is 103 Å². The Kier molecular flexibility index (Phi) is 17.5. The molecule has 0 N–H and O–H groups in total. The van der Waals surface area contributed by atoms with E-state index < -0.39 is 0 Å². The van der Waals surface area contributed by atoms with Crippen molar-refractivity contribution in [1.82, 2.24) is 0 Å². The number of hydrogen-bond donors (Lipinski definition) is 0. The van der Waals surface area contributed by atoms with Crippen molar-refractivity contribution in [1.29, 1.82) is 0 Å². The first-order chi connectivity index (χ1) is 21.6. The van der Waals surface area contributed by atoms with Crippen LogP contribution in [0.1, 0.15) is 228 Å². The van der Waals surface area contributed by atoms with Crippen molar-refractivity contribution in [2.24, 2.45) is 0 Å². The monoisotopic (exact) mass is 665 g/mol. The summed E-state index contributed by atoms with van der Waals surface area (Å²) in [6.45, 7) is 40.1. The van der Waals surface area contributed by atoms with Crippen LogP contribution in [0.4, 0.5) is 4.39 Å². The number of rotatable bonds is 9. The molecule has 3 rings (SSSR count). The van der Waals surface area contributed by atoms with Gasteiger partial charge in [-0.05, 0) is 128 Å². The number of benzene rings is 3. The average Bonchev–Trinajstić information content (AvgIpc) is 2.95. The van der Waals surface area contributed by atoms with Gasteiger partial charge in [-0.3, -0.25) is 0 Å². The molecule has 0 aliphatic rings. The van der Waals surface area contributed by atoms with Crippen LogP contribution < -0.4 is 0 Å². The third kappa shape index (κ3) is 12.1. The second-order valence-corrected chi connectivity index (χ2v) is 16.7. The summed E-state index contributed by atoms with van der Waals surface area (Å²) in [5.41, 5.74) is 12.6. The highest BCUT2D eigenvalue weighted by Gasteiger charge is 2.19. The van der Waals surface area contributed by atoms with Crippen molar-refractivity contribution >= 4 is 11.6 Å². The molecule has 3 aromatic rings. The summed E-state index contributed by atoms with van der Waals surface area (Å²) >= 11 is 6.21. The molecule has 0 atom stereocenters. The lowest BCUT2D eigenvalue weighted by atomic mass is 9.83. The highest BCUT2D eigenvalue weighted by molar-refractivity contribution is 6.30. The fourth-order valence-electron chi connectivity index (χ4n) is 6.84. The van der Waals surface area contributed by atoms with E-state index >= 15 is 0 Å². The third-order valence-electron chi connectivity index (χ3n) is 9.06. The zero-order valence-corrected chi connectivity index (χ0v) is 34.2. The molecule has 0 fully saturated rings. The standard InChI is InChI=1S/C15H23Cl.C15H23F.C15H24/c2*1-9(2)13-7-12(16)8-14(10(3)4)15(13)11(5)6;1-10(2)13-8-7-9-14(11(3)4)15(13)12(5)6/h2*7-11H,1-6H3;7-12H,1-6H3. The average molecular weight is 666 g/mol. The molecule has 0 aliphatic heterocycles. The zero-order valence-electron chi connectivity index (χ0n) is 33.5. The molecule has 0 spiro atoms. The van der Waals surface area contributed by atoms with Crippen LogP contribution in [0, 0.1) is 5.82 Å². The van der Waals surface area contributed by atoms with Gasteiger partial charge in [0.25, 0.3) is 0 Å². The molecule has 0 radical (unpaired) electrons. The van der Waals surface area contributed by atoms with Crippen LogP contribution in [-0.4, -0.2) is 0 Å². The van der Waals surface area contributed by atoms with Crippen molar-refractivity contribution < 1.29 is 4.39 Å². The topological polar surface area (TPSA) is 0 Å². The minimum atomic E-state index is -0.100. The van der Waals surface area contributed by atoms with E-state index in [9.17, 15) is 4.39 Å². The summed E-state index contributed by atoms with van der Waals surface area (Å²) in [5, 5.41) is 0.872. The van der Waals surface area contributed by atoms with Gasteiger partial charge in [0, 0.05) is 5.02 Å². The van der Waals surface area contributed by atoms with Gasteiger partial charge in [-0.1, -0.05) is 154 Å². The Morgan fingerprint density at radius 1 is 0.362 bits per heavy atom. The van der Waals surface area contributed by atoms with Gasteiger partial charge in [0.05, 0.1) is 0 Å². The Labute approximate surface area is 296 Å². The summed E-state index contributed by atoms with van der Waals surface area (Å²) in [4.78, 5) is 0. The van der Waals surface area contributed by atoms with E-state index in [2.05, 4.69) is 155 Å². The minimum Gasteiger partial charge on any atom is -0.207 e. The van der Waals surface area contributed by atoms with E-state index in [1.165, 1.54) is 44.5 Å². The maximum atomic E-state index is 13.6. The van der Waals surface area contributed by atoms with Gasteiger partial charge in [0.2, 0.25) is 0 Å². The van der Waals surface area contributed by atoms with Crippen molar-refractivity contribution in [3.8, 4) is 0 Å². The molecule has 0 aromatic heterocycles. The first-order valence-corrected chi connectivity index (χ1v) is 18.8. The second-order valence-electron chi connectivity index (χ2n) is 16.2. The van der Waals surface area contributed by atoms with Crippen LogP contribution in [0.5, 0.6) is 0 Å². The Balaban J connectivity index is 0.000000353. The molecule has 0 nitrogen and oxygen atoms in total. The highest BCUT2D eigenvalue weighted by atomic mass is 35.5. The molecule has 264 valence electrons. The minimum absolute atomic E-state index is 0.100. The van der Waals surface area contributed by atoms with Crippen molar-refractivity contribution in [2.45, 2.75) is 178 Å². The Morgan fingerprint density at radius 3 is 0.830 bits per heavy atom. The fourth-order valence-corrected chi connectivity index (χ4v) is 7.08. The van der Waals surface area contributed by atoms with E-state index in [0.29, 0.717) is 53.3 Å². The van der Waals surface area contributed by atoms with E-state index in [1.807, 2.05) is 0 Å². The molecule has 2 heteroatoms.